The summed E-state index contributed by atoms with van der Waals surface area (Å²) >= 11 is 0. The van der Waals surface area contributed by atoms with E-state index in [9.17, 15) is 34.5 Å². The summed E-state index contributed by atoms with van der Waals surface area (Å²) in [7, 11) is 3.90. The van der Waals surface area contributed by atoms with E-state index in [1.807, 2.05) is 73.6 Å². The number of hydrogen-bond donors (Lipinski definition) is 5. The van der Waals surface area contributed by atoms with Crippen LogP contribution in [0.1, 0.15) is 34.6 Å². The highest BCUT2D eigenvalue weighted by Crippen LogP contribution is 2.43. The van der Waals surface area contributed by atoms with E-state index in [0.29, 0.717) is 44.4 Å². The van der Waals surface area contributed by atoms with Gasteiger partial charge in [-0.1, -0.05) is 48.5 Å². The third kappa shape index (κ3) is 9.70. The molecular formula is C54H41NO13. The number of aliphatic carboxylic acids is 2. The average Bonchev–Trinajstić information content (AvgIpc) is 3.29. The molecule has 14 heteroatoms. The fourth-order valence-electron chi connectivity index (χ4n) is 7.92. The van der Waals surface area contributed by atoms with Crippen molar-refractivity contribution in [1.82, 2.24) is 0 Å². The molecule has 0 aliphatic heterocycles. The number of carbonyl (C=O) groups is 4. The van der Waals surface area contributed by atoms with Gasteiger partial charge in [-0.2, -0.15) is 0 Å². The monoisotopic (exact) mass is 911 g/mol. The Morgan fingerprint density at radius 3 is 1.26 bits per heavy atom. The fraction of sp³-hybridized carbons (Fsp3) is 0.0741. The van der Waals surface area contributed by atoms with Gasteiger partial charge in [0.25, 0.3) is 11.9 Å². The number of rotatable bonds is 5. The largest absolute Gasteiger partial charge is 0.508 e. The molecule has 0 aliphatic carbocycles. The SMILES string of the molecule is CC(=O)O.CC(=O)O.CN(C)c1ccc2c(-c3ccccc3C(=O)O)c3ccc4cc(=O)ccc4c3oc2c1.O=C(O)c1ccccc1-c1c2ccc(O)cc2oc2c1ccc1cc(=O)ccc12. The Labute approximate surface area is 385 Å². The van der Waals surface area contributed by atoms with Gasteiger partial charge in [-0.25, -0.2) is 9.59 Å². The van der Waals surface area contributed by atoms with Crippen LogP contribution in [0.5, 0.6) is 5.75 Å². The predicted octanol–water partition coefficient (Wildman–Crippen LogP) is 10.9. The normalized spacial score (nSPS) is 10.7. The summed E-state index contributed by atoms with van der Waals surface area (Å²) < 4.78 is 12.5. The molecule has 0 saturated heterocycles. The van der Waals surface area contributed by atoms with Gasteiger partial charge >= 0.3 is 11.9 Å². The number of anilines is 1. The van der Waals surface area contributed by atoms with Crippen LogP contribution in [-0.2, 0) is 9.59 Å². The lowest BCUT2D eigenvalue weighted by molar-refractivity contribution is -0.135. The number of phenols is 1. The summed E-state index contributed by atoms with van der Waals surface area (Å²) in [4.78, 5) is 67.5. The summed E-state index contributed by atoms with van der Waals surface area (Å²) in [5, 5.41) is 50.4. The molecule has 0 radical (unpaired) electrons. The van der Waals surface area contributed by atoms with E-state index < -0.39 is 23.9 Å². The molecule has 0 fully saturated rings. The molecule has 2 heterocycles. The number of fused-ring (bicyclic) bond motifs is 8. The molecular weight excluding hydrogens is 871 g/mol. The molecule has 14 nitrogen and oxygen atoms in total. The van der Waals surface area contributed by atoms with Gasteiger partial charge in [0, 0.05) is 89.2 Å². The van der Waals surface area contributed by atoms with Crippen LogP contribution in [0.15, 0.2) is 164 Å². The second-order valence-electron chi connectivity index (χ2n) is 15.6. The van der Waals surface area contributed by atoms with Gasteiger partial charge in [-0.3, -0.25) is 19.2 Å². The minimum absolute atomic E-state index is 0.0418. The maximum Gasteiger partial charge on any atom is 0.336 e. The number of aromatic carboxylic acids is 2. The first kappa shape index (κ1) is 46.7. The second-order valence-corrected chi connectivity index (χ2v) is 15.6. The molecule has 5 N–H and O–H groups in total. The summed E-state index contributed by atoms with van der Waals surface area (Å²) in [6.45, 7) is 2.17. The van der Waals surface area contributed by atoms with E-state index in [0.717, 1.165) is 62.8 Å². The van der Waals surface area contributed by atoms with Gasteiger partial charge in [0.05, 0.1) is 11.1 Å². The molecule has 8 aromatic carbocycles. The van der Waals surface area contributed by atoms with Gasteiger partial charge in [0.2, 0.25) is 0 Å². The lowest BCUT2D eigenvalue weighted by atomic mass is 9.92. The first-order valence-electron chi connectivity index (χ1n) is 20.7. The molecule has 68 heavy (non-hydrogen) atoms. The van der Waals surface area contributed by atoms with Crippen LogP contribution in [0.3, 0.4) is 0 Å². The molecule has 0 amide bonds. The molecule has 0 unspecified atom stereocenters. The highest BCUT2D eigenvalue weighted by molar-refractivity contribution is 6.19. The topological polar surface area (TPSA) is 233 Å². The van der Waals surface area contributed by atoms with Crippen LogP contribution in [-0.4, -0.2) is 63.5 Å². The van der Waals surface area contributed by atoms with E-state index in [1.165, 1.54) is 24.3 Å². The molecule has 0 spiro atoms. The Morgan fingerprint density at radius 1 is 0.456 bits per heavy atom. The number of phenolic OH excluding ortho intramolecular Hbond substituents is 1. The number of hydrogen-bond acceptors (Lipinski definition) is 10. The molecule has 0 bridgehead atoms. The number of nitrogens with zero attached hydrogens (tertiary/aromatic N) is 1. The average molecular weight is 912 g/mol. The fourth-order valence-corrected chi connectivity index (χ4v) is 7.92. The third-order valence-electron chi connectivity index (χ3n) is 10.7. The van der Waals surface area contributed by atoms with Crippen molar-refractivity contribution in [3.63, 3.8) is 0 Å². The molecule has 0 atom stereocenters. The van der Waals surface area contributed by atoms with Crippen LogP contribution in [0.4, 0.5) is 5.69 Å². The van der Waals surface area contributed by atoms with Gasteiger partial charge in [0.15, 0.2) is 10.9 Å². The van der Waals surface area contributed by atoms with E-state index in [4.69, 9.17) is 28.6 Å². The zero-order valence-electron chi connectivity index (χ0n) is 36.8. The molecule has 0 aliphatic rings. The number of carboxylic acid groups (broad SMARTS) is 4. The van der Waals surface area contributed by atoms with Crippen molar-refractivity contribution in [2.45, 2.75) is 13.8 Å². The lowest BCUT2D eigenvalue weighted by Gasteiger charge is -2.17. The van der Waals surface area contributed by atoms with Crippen molar-refractivity contribution in [3.05, 3.63) is 177 Å². The van der Waals surface area contributed by atoms with Gasteiger partial charge < -0.3 is 39.3 Å². The van der Waals surface area contributed by atoms with Crippen LogP contribution >= 0.6 is 0 Å². The summed E-state index contributed by atoms with van der Waals surface area (Å²) in [6.07, 6.45) is 0. The maximum atomic E-state index is 12.0. The standard InChI is InChI=1S/C26H19NO4.C24H14O5.2C2H4O2/c1-27(2)16-8-11-21-23(14-16)31-25-18-12-9-17(28)13-15(18)7-10-22(25)24(21)19-5-3-4-6-20(19)26(29)30;25-14-6-9-16-13(11-14)5-8-20-22(17-3-1-2-4-18(17)24(27)28)19-10-7-15(26)12-21(19)29-23(16)20;2*1-2(3)4/h3-14H,1-2H3,(H,29,30);1-12,26H,(H,27,28);2*1H3,(H,3,4). The van der Waals surface area contributed by atoms with E-state index in [1.54, 1.807) is 66.7 Å². The van der Waals surface area contributed by atoms with Crippen molar-refractivity contribution in [2.75, 3.05) is 19.0 Å². The van der Waals surface area contributed by atoms with E-state index in [2.05, 4.69) is 0 Å². The highest BCUT2D eigenvalue weighted by Gasteiger charge is 2.21. The van der Waals surface area contributed by atoms with E-state index >= 15 is 0 Å². The van der Waals surface area contributed by atoms with Crippen molar-refractivity contribution in [2.24, 2.45) is 0 Å². The zero-order valence-corrected chi connectivity index (χ0v) is 36.8. The minimum atomic E-state index is -1.03. The highest BCUT2D eigenvalue weighted by atomic mass is 16.4. The number of benzene rings is 8. The number of carboxylic acids is 4. The van der Waals surface area contributed by atoms with Gasteiger partial charge in [0.1, 0.15) is 28.1 Å². The van der Waals surface area contributed by atoms with Crippen molar-refractivity contribution < 1.29 is 53.5 Å². The summed E-state index contributed by atoms with van der Waals surface area (Å²) in [5.74, 6) is -3.64. The molecule has 340 valence electrons. The lowest BCUT2D eigenvalue weighted by Crippen LogP contribution is -2.08. The van der Waals surface area contributed by atoms with Crippen molar-refractivity contribution >= 4 is 95.0 Å². The molecule has 2 aromatic heterocycles. The van der Waals surface area contributed by atoms with Crippen LogP contribution in [0, 0.1) is 0 Å². The Balaban J connectivity index is 0.000000174. The second kappa shape index (κ2) is 19.4. The van der Waals surface area contributed by atoms with Crippen LogP contribution in [0.25, 0.3) is 87.7 Å². The van der Waals surface area contributed by atoms with Gasteiger partial charge in [-0.15, -0.1) is 0 Å². The zero-order chi connectivity index (χ0) is 49.0. The van der Waals surface area contributed by atoms with Crippen LogP contribution in [0.2, 0.25) is 0 Å². The van der Waals surface area contributed by atoms with E-state index in [-0.39, 0.29) is 27.7 Å². The maximum absolute atomic E-state index is 12.0. The smallest absolute Gasteiger partial charge is 0.336 e. The minimum Gasteiger partial charge on any atom is -0.508 e. The first-order chi connectivity index (χ1) is 32.4. The Hall–Kier alpha value is -9.30. The van der Waals surface area contributed by atoms with Crippen LogP contribution < -0.4 is 15.8 Å². The third-order valence-corrected chi connectivity index (χ3v) is 10.7. The van der Waals surface area contributed by atoms with Crippen molar-refractivity contribution in [1.29, 1.82) is 0 Å². The van der Waals surface area contributed by atoms with Crippen molar-refractivity contribution in [3.8, 4) is 28.0 Å². The Kier molecular flexibility index (Phi) is 13.3. The summed E-state index contributed by atoms with van der Waals surface area (Å²) in [6, 6.07) is 41.4. The molecule has 10 aromatic rings. The molecule has 0 saturated carbocycles. The first-order valence-corrected chi connectivity index (χ1v) is 20.7. The summed E-state index contributed by atoms with van der Waals surface area (Å²) in [5.41, 5.74) is 6.08. The quantitative estimate of drug-likeness (QED) is 0.0798. The number of aromatic hydroxyl groups is 1. The Bertz CT molecular complexity index is 3750. The molecule has 10 rings (SSSR count). The van der Waals surface area contributed by atoms with Gasteiger partial charge in [-0.05, 0) is 107 Å². The Morgan fingerprint density at radius 2 is 0.838 bits per heavy atom. The predicted molar refractivity (Wildman–Crippen MR) is 262 cm³/mol.